The van der Waals surface area contributed by atoms with E-state index in [1.54, 1.807) is 6.07 Å². The lowest BCUT2D eigenvalue weighted by Crippen LogP contribution is -2.19. The van der Waals surface area contributed by atoms with Crippen LogP contribution in [0.15, 0.2) is 46.9 Å². The molecule has 0 amide bonds. The highest BCUT2D eigenvalue weighted by Gasteiger charge is 2.15. The Morgan fingerprint density at radius 3 is 2.62 bits per heavy atom. The molecule has 0 atom stereocenters. The summed E-state index contributed by atoms with van der Waals surface area (Å²) in [6.07, 6.45) is 2.55. The lowest BCUT2D eigenvalue weighted by Gasteiger charge is -2.22. The van der Waals surface area contributed by atoms with E-state index in [4.69, 9.17) is 0 Å². The van der Waals surface area contributed by atoms with Gasteiger partial charge in [-0.05, 0) is 58.6 Å². The van der Waals surface area contributed by atoms with Crippen molar-refractivity contribution < 1.29 is 5.11 Å². The van der Waals surface area contributed by atoms with Crippen LogP contribution >= 0.6 is 15.9 Å². The lowest BCUT2D eigenvalue weighted by atomic mass is 10.2. The van der Waals surface area contributed by atoms with E-state index in [0.717, 1.165) is 29.7 Å². The second-order valence-electron chi connectivity index (χ2n) is 5.35. The van der Waals surface area contributed by atoms with Crippen molar-refractivity contribution in [1.29, 1.82) is 0 Å². The molecule has 2 aromatic rings. The van der Waals surface area contributed by atoms with Crippen molar-refractivity contribution in [1.82, 2.24) is 0 Å². The van der Waals surface area contributed by atoms with Gasteiger partial charge in [-0.2, -0.15) is 0 Å². The maximum Gasteiger partial charge on any atom is 0.129 e. The smallest absolute Gasteiger partial charge is 0.129 e. The molecular weight excluding hydrogens is 328 g/mol. The molecule has 1 saturated heterocycles. The van der Waals surface area contributed by atoms with Gasteiger partial charge in [0.15, 0.2) is 0 Å². The summed E-state index contributed by atoms with van der Waals surface area (Å²) in [6, 6.07) is 14.1. The Kier molecular flexibility index (Phi) is 4.34. The third-order valence-corrected chi connectivity index (χ3v) is 4.48. The van der Waals surface area contributed by atoms with Crippen molar-refractivity contribution in [2.24, 2.45) is 0 Å². The summed E-state index contributed by atoms with van der Waals surface area (Å²) in [5.74, 6) is 0.274. The minimum absolute atomic E-state index is 0.274. The van der Waals surface area contributed by atoms with Crippen LogP contribution in [0.5, 0.6) is 5.75 Å². The minimum atomic E-state index is 0.274. The number of rotatable bonds is 4. The lowest BCUT2D eigenvalue weighted by molar-refractivity contribution is 0.471. The van der Waals surface area contributed by atoms with Gasteiger partial charge in [-0.25, -0.2) is 0 Å². The molecular formula is C17H19BrN2O. The summed E-state index contributed by atoms with van der Waals surface area (Å²) >= 11 is 3.35. The molecule has 1 aliphatic rings. The first-order valence-electron chi connectivity index (χ1n) is 7.29. The van der Waals surface area contributed by atoms with Crippen LogP contribution in [0.25, 0.3) is 0 Å². The molecule has 0 unspecified atom stereocenters. The van der Waals surface area contributed by atoms with Crippen LogP contribution < -0.4 is 10.2 Å². The summed E-state index contributed by atoms with van der Waals surface area (Å²) in [5, 5.41) is 13.1. The Bertz CT molecular complexity index is 624. The standard InChI is InChI=1S/C17H19BrN2O/c18-14-11-13(7-8-17(14)21)12-19-15-5-1-2-6-16(15)20-9-3-4-10-20/h1-2,5-8,11,19,21H,3-4,9-10,12H2. The Labute approximate surface area is 133 Å². The number of phenols is 1. The van der Waals surface area contributed by atoms with E-state index in [0.29, 0.717) is 0 Å². The first-order chi connectivity index (χ1) is 10.2. The third kappa shape index (κ3) is 3.32. The number of halogens is 1. The highest BCUT2D eigenvalue weighted by Crippen LogP contribution is 2.29. The molecule has 0 radical (unpaired) electrons. The Morgan fingerprint density at radius 2 is 1.86 bits per heavy atom. The van der Waals surface area contributed by atoms with Crippen LogP contribution in [-0.2, 0) is 6.54 Å². The van der Waals surface area contributed by atoms with Crippen molar-refractivity contribution in [2.75, 3.05) is 23.3 Å². The van der Waals surface area contributed by atoms with E-state index in [-0.39, 0.29) is 5.75 Å². The molecule has 0 bridgehead atoms. The molecule has 2 N–H and O–H groups in total. The van der Waals surface area contributed by atoms with E-state index in [9.17, 15) is 5.11 Å². The molecule has 0 aromatic heterocycles. The van der Waals surface area contributed by atoms with E-state index >= 15 is 0 Å². The second kappa shape index (κ2) is 6.39. The first-order valence-corrected chi connectivity index (χ1v) is 8.08. The SMILES string of the molecule is Oc1ccc(CNc2ccccc2N2CCCC2)cc1Br. The molecule has 110 valence electrons. The molecule has 1 fully saturated rings. The molecule has 4 heteroatoms. The molecule has 0 saturated carbocycles. The second-order valence-corrected chi connectivity index (χ2v) is 6.20. The predicted octanol–water partition coefficient (Wildman–Crippen LogP) is 4.37. The average molecular weight is 347 g/mol. The minimum Gasteiger partial charge on any atom is -0.507 e. The monoisotopic (exact) mass is 346 g/mol. The molecule has 3 nitrogen and oxygen atoms in total. The fourth-order valence-electron chi connectivity index (χ4n) is 2.71. The van der Waals surface area contributed by atoms with Gasteiger partial charge in [0, 0.05) is 19.6 Å². The van der Waals surface area contributed by atoms with E-state index in [2.05, 4.69) is 50.4 Å². The van der Waals surface area contributed by atoms with Crippen molar-refractivity contribution in [3.8, 4) is 5.75 Å². The molecule has 1 aliphatic heterocycles. The number of benzene rings is 2. The fraction of sp³-hybridized carbons (Fsp3) is 0.294. The van der Waals surface area contributed by atoms with Crippen LogP contribution in [-0.4, -0.2) is 18.2 Å². The van der Waals surface area contributed by atoms with Gasteiger partial charge in [0.2, 0.25) is 0 Å². The molecule has 3 rings (SSSR count). The zero-order chi connectivity index (χ0) is 14.7. The number of hydrogen-bond donors (Lipinski definition) is 2. The normalized spacial score (nSPS) is 14.4. The topological polar surface area (TPSA) is 35.5 Å². The number of aromatic hydroxyl groups is 1. The quantitative estimate of drug-likeness (QED) is 0.862. The first kappa shape index (κ1) is 14.3. The largest absolute Gasteiger partial charge is 0.507 e. The Hall–Kier alpha value is -1.68. The van der Waals surface area contributed by atoms with Crippen LogP contribution in [0.2, 0.25) is 0 Å². The van der Waals surface area contributed by atoms with Gasteiger partial charge in [0.1, 0.15) is 5.75 Å². The summed E-state index contributed by atoms with van der Waals surface area (Å²) in [5.41, 5.74) is 3.59. The zero-order valence-corrected chi connectivity index (χ0v) is 13.4. The average Bonchev–Trinajstić information content (AvgIpc) is 3.03. The van der Waals surface area contributed by atoms with Gasteiger partial charge < -0.3 is 15.3 Å². The highest BCUT2D eigenvalue weighted by atomic mass is 79.9. The number of nitrogens with zero attached hydrogens (tertiary/aromatic N) is 1. The fourth-order valence-corrected chi connectivity index (χ4v) is 3.14. The van der Waals surface area contributed by atoms with Crippen molar-refractivity contribution in [2.45, 2.75) is 19.4 Å². The van der Waals surface area contributed by atoms with Gasteiger partial charge in [-0.3, -0.25) is 0 Å². The number of nitrogens with one attached hydrogen (secondary N) is 1. The number of phenolic OH excluding ortho intramolecular Hbond substituents is 1. The predicted molar refractivity (Wildman–Crippen MR) is 91.0 cm³/mol. The zero-order valence-electron chi connectivity index (χ0n) is 11.8. The molecule has 0 spiro atoms. The molecule has 21 heavy (non-hydrogen) atoms. The number of para-hydroxylation sites is 2. The summed E-state index contributed by atoms with van der Waals surface area (Å²) < 4.78 is 0.731. The van der Waals surface area contributed by atoms with Gasteiger partial charge in [0.25, 0.3) is 0 Å². The Balaban J connectivity index is 1.74. The maximum atomic E-state index is 9.54. The van der Waals surface area contributed by atoms with Crippen LogP contribution in [0.3, 0.4) is 0 Å². The van der Waals surface area contributed by atoms with E-state index in [1.807, 2.05) is 12.1 Å². The van der Waals surface area contributed by atoms with Gasteiger partial charge in [-0.1, -0.05) is 18.2 Å². The summed E-state index contributed by atoms with van der Waals surface area (Å²) in [6.45, 7) is 3.02. The summed E-state index contributed by atoms with van der Waals surface area (Å²) in [7, 11) is 0. The van der Waals surface area contributed by atoms with Gasteiger partial charge >= 0.3 is 0 Å². The Morgan fingerprint density at radius 1 is 1.10 bits per heavy atom. The highest BCUT2D eigenvalue weighted by molar-refractivity contribution is 9.10. The van der Waals surface area contributed by atoms with E-state index < -0.39 is 0 Å². The van der Waals surface area contributed by atoms with Crippen LogP contribution in [0, 0.1) is 0 Å². The number of hydrogen-bond acceptors (Lipinski definition) is 3. The van der Waals surface area contributed by atoms with Crippen molar-refractivity contribution in [3.05, 3.63) is 52.5 Å². The van der Waals surface area contributed by atoms with Gasteiger partial charge in [-0.15, -0.1) is 0 Å². The molecule has 0 aliphatic carbocycles. The van der Waals surface area contributed by atoms with Crippen molar-refractivity contribution >= 4 is 27.3 Å². The number of anilines is 2. The molecule has 1 heterocycles. The van der Waals surface area contributed by atoms with Crippen LogP contribution in [0.4, 0.5) is 11.4 Å². The maximum absolute atomic E-state index is 9.54. The van der Waals surface area contributed by atoms with Crippen molar-refractivity contribution in [3.63, 3.8) is 0 Å². The summed E-state index contributed by atoms with van der Waals surface area (Å²) in [4.78, 5) is 2.44. The van der Waals surface area contributed by atoms with Gasteiger partial charge in [0.05, 0.1) is 15.8 Å². The third-order valence-electron chi connectivity index (χ3n) is 3.85. The molecule has 2 aromatic carbocycles. The van der Waals surface area contributed by atoms with Crippen LogP contribution in [0.1, 0.15) is 18.4 Å². The van der Waals surface area contributed by atoms with E-state index in [1.165, 1.54) is 24.2 Å².